The number of oxime groups is 1. The Morgan fingerprint density at radius 1 is 1.52 bits per heavy atom. The maximum atomic E-state index is 8.73. The monoisotopic (exact) mass is 289 g/mol. The topological polar surface area (TPSA) is 97.7 Å². The molecule has 0 aliphatic heterocycles. The lowest BCUT2D eigenvalue weighted by atomic mass is 10.1. The summed E-state index contributed by atoms with van der Waals surface area (Å²) in [6.45, 7) is 2.33. The standard InChI is InChI=1S/C14H19N5O2/c1-21-13-9-11(3-4-12(13)14(15)18-20)10-16-6-8-19-7-2-5-17-19/h2-5,7,9,16,20H,6,8,10H2,1H3,(H2,15,18). The molecule has 2 aromatic rings. The average molecular weight is 289 g/mol. The number of aromatic nitrogens is 2. The second kappa shape index (κ2) is 7.30. The van der Waals surface area contributed by atoms with E-state index in [1.165, 1.54) is 0 Å². The lowest BCUT2D eigenvalue weighted by molar-refractivity contribution is 0.318. The number of methoxy groups -OCH3 is 1. The van der Waals surface area contributed by atoms with Crippen molar-refractivity contribution in [3.63, 3.8) is 0 Å². The second-order valence-corrected chi connectivity index (χ2v) is 4.47. The van der Waals surface area contributed by atoms with Gasteiger partial charge >= 0.3 is 0 Å². The van der Waals surface area contributed by atoms with E-state index in [2.05, 4.69) is 15.6 Å². The van der Waals surface area contributed by atoms with Crippen molar-refractivity contribution in [2.24, 2.45) is 10.9 Å². The molecule has 0 aliphatic rings. The van der Waals surface area contributed by atoms with E-state index in [1.54, 1.807) is 19.4 Å². The minimum Gasteiger partial charge on any atom is -0.496 e. The third kappa shape index (κ3) is 3.96. The van der Waals surface area contributed by atoms with Crippen molar-refractivity contribution in [1.82, 2.24) is 15.1 Å². The van der Waals surface area contributed by atoms with Gasteiger partial charge in [0.05, 0.1) is 19.2 Å². The van der Waals surface area contributed by atoms with Crippen molar-refractivity contribution in [3.8, 4) is 5.75 Å². The predicted octanol–water partition coefficient (Wildman–Crippen LogP) is 0.776. The van der Waals surface area contributed by atoms with Gasteiger partial charge in [-0.05, 0) is 23.8 Å². The molecular weight excluding hydrogens is 270 g/mol. The van der Waals surface area contributed by atoms with Crippen molar-refractivity contribution >= 4 is 5.84 Å². The van der Waals surface area contributed by atoms with Crippen molar-refractivity contribution < 1.29 is 9.94 Å². The molecule has 1 heterocycles. The average Bonchev–Trinajstić information content (AvgIpc) is 3.04. The fraction of sp³-hybridized carbons (Fsp3) is 0.286. The predicted molar refractivity (Wildman–Crippen MR) is 79.4 cm³/mol. The van der Waals surface area contributed by atoms with Crippen LogP contribution in [-0.4, -0.2) is 34.5 Å². The van der Waals surface area contributed by atoms with Crippen LogP contribution in [-0.2, 0) is 13.1 Å². The van der Waals surface area contributed by atoms with Crippen LogP contribution in [0.1, 0.15) is 11.1 Å². The Morgan fingerprint density at radius 3 is 3.05 bits per heavy atom. The van der Waals surface area contributed by atoms with E-state index in [0.717, 1.165) is 18.7 Å². The van der Waals surface area contributed by atoms with Crippen LogP contribution in [0, 0.1) is 0 Å². The fourth-order valence-electron chi connectivity index (χ4n) is 1.97. The molecule has 0 amide bonds. The SMILES string of the molecule is COc1cc(CNCCn2cccn2)ccc1/C(N)=N/O. The van der Waals surface area contributed by atoms with Gasteiger partial charge in [0, 0.05) is 25.5 Å². The minimum absolute atomic E-state index is 0.0324. The first-order valence-corrected chi connectivity index (χ1v) is 6.57. The highest BCUT2D eigenvalue weighted by Gasteiger charge is 2.08. The summed E-state index contributed by atoms with van der Waals surface area (Å²) in [7, 11) is 1.55. The Balaban J connectivity index is 1.91. The van der Waals surface area contributed by atoms with Crippen LogP contribution in [0.15, 0.2) is 41.8 Å². The summed E-state index contributed by atoms with van der Waals surface area (Å²) in [4.78, 5) is 0. The largest absolute Gasteiger partial charge is 0.496 e. The van der Waals surface area contributed by atoms with Gasteiger partial charge in [0.25, 0.3) is 0 Å². The zero-order chi connectivity index (χ0) is 15.1. The number of rotatable bonds is 7. The summed E-state index contributed by atoms with van der Waals surface area (Å²) >= 11 is 0. The number of hydrogen-bond acceptors (Lipinski definition) is 5. The van der Waals surface area contributed by atoms with E-state index >= 15 is 0 Å². The van der Waals surface area contributed by atoms with E-state index in [-0.39, 0.29) is 5.84 Å². The summed E-state index contributed by atoms with van der Waals surface area (Å²) in [6, 6.07) is 7.46. The summed E-state index contributed by atoms with van der Waals surface area (Å²) in [5, 5.41) is 19.2. The van der Waals surface area contributed by atoms with Crippen LogP contribution in [0.5, 0.6) is 5.75 Å². The number of nitrogens with one attached hydrogen (secondary N) is 1. The maximum Gasteiger partial charge on any atom is 0.173 e. The van der Waals surface area contributed by atoms with Gasteiger partial charge in [-0.15, -0.1) is 0 Å². The molecular formula is C14H19N5O2. The first-order chi connectivity index (χ1) is 10.2. The second-order valence-electron chi connectivity index (χ2n) is 4.47. The summed E-state index contributed by atoms with van der Waals surface area (Å²) < 4.78 is 7.13. The molecule has 4 N–H and O–H groups in total. The minimum atomic E-state index is 0.0324. The molecule has 0 fully saturated rings. The molecule has 1 aromatic heterocycles. The van der Waals surface area contributed by atoms with Crippen molar-refractivity contribution in [2.75, 3.05) is 13.7 Å². The van der Waals surface area contributed by atoms with Gasteiger partial charge < -0.3 is 21.0 Å². The molecule has 7 nitrogen and oxygen atoms in total. The maximum absolute atomic E-state index is 8.73. The van der Waals surface area contributed by atoms with E-state index < -0.39 is 0 Å². The molecule has 0 unspecified atom stereocenters. The van der Waals surface area contributed by atoms with Crippen molar-refractivity contribution in [3.05, 3.63) is 47.8 Å². The molecule has 2 rings (SSSR count). The van der Waals surface area contributed by atoms with Crippen LogP contribution in [0.3, 0.4) is 0 Å². The van der Waals surface area contributed by atoms with E-state index in [1.807, 2.05) is 29.1 Å². The first kappa shape index (κ1) is 14.9. The molecule has 0 radical (unpaired) electrons. The molecule has 0 saturated carbocycles. The van der Waals surface area contributed by atoms with Crippen LogP contribution >= 0.6 is 0 Å². The van der Waals surface area contributed by atoms with Gasteiger partial charge in [-0.3, -0.25) is 4.68 Å². The smallest absolute Gasteiger partial charge is 0.173 e. The van der Waals surface area contributed by atoms with Gasteiger partial charge in [-0.1, -0.05) is 11.2 Å². The molecule has 7 heteroatoms. The number of ether oxygens (including phenoxy) is 1. The Morgan fingerprint density at radius 2 is 2.38 bits per heavy atom. The van der Waals surface area contributed by atoms with Gasteiger partial charge in [0.15, 0.2) is 5.84 Å². The lowest BCUT2D eigenvalue weighted by Gasteiger charge is -2.10. The highest BCUT2D eigenvalue weighted by molar-refractivity contribution is 5.99. The number of hydrogen-bond donors (Lipinski definition) is 3. The highest BCUT2D eigenvalue weighted by atomic mass is 16.5. The first-order valence-electron chi connectivity index (χ1n) is 6.57. The number of nitrogens with zero attached hydrogens (tertiary/aromatic N) is 3. The van der Waals surface area contributed by atoms with Gasteiger partial charge in [-0.2, -0.15) is 5.10 Å². The Kier molecular flexibility index (Phi) is 5.16. The normalized spacial score (nSPS) is 11.6. The summed E-state index contributed by atoms with van der Waals surface area (Å²) in [6.07, 6.45) is 3.69. The number of benzene rings is 1. The molecule has 21 heavy (non-hydrogen) atoms. The molecule has 1 aromatic carbocycles. The Hall–Kier alpha value is -2.54. The van der Waals surface area contributed by atoms with Crippen LogP contribution < -0.4 is 15.8 Å². The zero-order valence-corrected chi connectivity index (χ0v) is 11.9. The van der Waals surface area contributed by atoms with Crippen LogP contribution in [0.4, 0.5) is 0 Å². The summed E-state index contributed by atoms with van der Waals surface area (Å²) in [5.41, 5.74) is 7.22. The molecule has 112 valence electrons. The van der Waals surface area contributed by atoms with E-state index in [9.17, 15) is 0 Å². The van der Waals surface area contributed by atoms with E-state index in [4.69, 9.17) is 15.7 Å². The van der Waals surface area contributed by atoms with Crippen LogP contribution in [0.25, 0.3) is 0 Å². The van der Waals surface area contributed by atoms with Crippen molar-refractivity contribution in [2.45, 2.75) is 13.1 Å². The number of amidine groups is 1. The third-order valence-electron chi connectivity index (χ3n) is 3.06. The zero-order valence-electron chi connectivity index (χ0n) is 11.9. The van der Waals surface area contributed by atoms with Crippen LogP contribution in [0.2, 0.25) is 0 Å². The highest BCUT2D eigenvalue weighted by Crippen LogP contribution is 2.19. The quantitative estimate of drug-likeness (QED) is 0.230. The Labute approximate surface area is 123 Å². The molecule has 0 spiro atoms. The van der Waals surface area contributed by atoms with Gasteiger partial charge in [-0.25, -0.2) is 0 Å². The van der Waals surface area contributed by atoms with Gasteiger partial charge in [0.1, 0.15) is 5.75 Å². The van der Waals surface area contributed by atoms with Gasteiger partial charge in [0.2, 0.25) is 0 Å². The van der Waals surface area contributed by atoms with Crippen molar-refractivity contribution in [1.29, 1.82) is 0 Å². The fourth-order valence-corrected chi connectivity index (χ4v) is 1.97. The Bertz CT molecular complexity index is 595. The number of nitrogens with two attached hydrogens (primary N) is 1. The third-order valence-corrected chi connectivity index (χ3v) is 3.06. The molecule has 0 saturated heterocycles. The summed E-state index contributed by atoms with van der Waals surface area (Å²) in [5.74, 6) is 0.613. The molecule has 0 bridgehead atoms. The molecule has 0 atom stereocenters. The lowest BCUT2D eigenvalue weighted by Crippen LogP contribution is -2.20. The molecule has 0 aliphatic carbocycles. The van der Waals surface area contributed by atoms with E-state index in [0.29, 0.717) is 17.9 Å².